The van der Waals surface area contributed by atoms with Crippen LogP contribution in [0.1, 0.15) is 35.0 Å². The quantitative estimate of drug-likeness (QED) is 0.419. The zero-order valence-corrected chi connectivity index (χ0v) is 18.6. The number of benzene rings is 2. The molecule has 0 saturated carbocycles. The van der Waals surface area contributed by atoms with E-state index < -0.39 is 5.91 Å². The normalized spacial score (nSPS) is 11.2. The van der Waals surface area contributed by atoms with Gasteiger partial charge >= 0.3 is 0 Å². The topological polar surface area (TPSA) is 67.0 Å². The molecule has 1 N–H and O–H groups in total. The number of rotatable bonds is 6. The van der Waals surface area contributed by atoms with Gasteiger partial charge in [0.25, 0.3) is 5.91 Å². The molecule has 5 heteroatoms. The number of para-hydroxylation sites is 1. The van der Waals surface area contributed by atoms with Crippen LogP contribution in [0, 0.1) is 39.0 Å². The number of nitrogens with zero attached hydrogens (tertiary/aromatic N) is 2. The fourth-order valence-electron chi connectivity index (χ4n) is 3.77. The number of ether oxygens (including phenoxy) is 1. The van der Waals surface area contributed by atoms with Crippen molar-refractivity contribution in [1.29, 1.82) is 5.26 Å². The van der Waals surface area contributed by atoms with Gasteiger partial charge in [0, 0.05) is 23.1 Å². The molecular weight excluding hydrogens is 386 g/mol. The molecule has 0 bridgehead atoms. The van der Waals surface area contributed by atoms with Crippen LogP contribution in [0.15, 0.2) is 54.1 Å². The Morgan fingerprint density at radius 3 is 2.42 bits per heavy atom. The van der Waals surface area contributed by atoms with Gasteiger partial charge in [0.1, 0.15) is 17.4 Å². The molecule has 0 atom stereocenters. The summed E-state index contributed by atoms with van der Waals surface area (Å²) in [4.78, 5) is 12.7. The average Bonchev–Trinajstić information content (AvgIpc) is 3.00. The van der Waals surface area contributed by atoms with Crippen molar-refractivity contribution in [1.82, 2.24) is 4.57 Å². The predicted molar refractivity (Wildman–Crippen MR) is 125 cm³/mol. The summed E-state index contributed by atoms with van der Waals surface area (Å²) in [5.74, 6) is 0.216. The zero-order valence-electron chi connectivity index (χ0n) is 18.6. The summed E-state index contributed by atoms with van der Waals surface area (Å²) >= 11 is 0. The Bertz CT molecular complexity index is 1180. The molecule has 0 aliphatic heterocycles. The van der Waals surface area contributed by atoms with E-state index in [9.17, 15) is 10.1 Å². The van der Waals surface area contributed by atoms with Crippen molar-refractivity contribution in [3.8, 4) is 17.5 Å². The number of hydrogen-bond acceptors (Lipinski definition) is 3. The van der Waals surface area contributed by atoms with E-state index in [-0.39, 0.29) is 5.57 Å². The summed E-state index contributed by atoms with van der Waals surface area (Å²) < 4.78 is 7.65. The van der Waals surface area contributed by atoms with Crippen LogP contribution < -0.4 is 10.1 Å². The number of amides is 1. The second kappa shape index (κ2) is 9.36. The SMILES string of the molecule is CCOc1cccc(NC(=O)/C(C#N)=C\c2cc(C)n(-c3c(C)cccc3C)c2C)c1. The average molecular weight is 414 g/mol. The van der Waals surface area contributed by atoms with Crippen molar-refractivity contribution in [2.75, 3.05) is 11.9 Å². The van der Waals surface area contributed by atoms with Crippen LogP contribution in [0.25, 0.3) is 11.8 Å². The van der Waals surface area contributed by atoms with Gasteiger partial charge in [-0.2, -0.15) is 5.26 Å². The van der Waals surface area contributed by atoms with Crippen molar-refractivity contribution in [3.05, 3.63) is 82.2 Å². The first kappa shape index (κ1) is 21.9. The lowest BCUT2D eigenvalue weighted by Crippen LogP contribution is -2.13. The van der Waals surface area contributed by atoms with Crippen molar-refractivity contribution in [3.63, 3.8) is 0 Å². The minimum atomic E-state index is -0.451. The smallest absolute Gasteiger partial charge is 0.266 e. The van der Waals surface area contributed by atoms with E-state index in [1.54, 1.807) is 24.3 Å². The number of nitrogens with one attached hydrogen (secondary N) is 1. The minimum Gasteiger partial charge on any atom is -0.494 e. The minimum absolute atomic E-state index is 0.0450. The van der Waals surface area contributed by atoms with Crippen LogP contribution in [0.5, 0.6) is 5.75 Å². The summed E-state index contributed by atoms with van der Waals surface area (Å²) in [7, 11) is 0. The fourth-order valence-corrected chi connectivity index (χ4v) is 3.77. The highest BCUT2D eigenvalue weighted by Crippen LogP contribution is 2.27. The van der Waals surface area contributed by atoms with Crippen molar-refractivity contribution >= 4 is 17.7 Å². The Morgan fingerprint density at radius 1 is 1.10 bits per heavy atom. The molecule has 1 aromatic heterocycles. The maximum atomic E-state index is 12.7. The van der Waals surface area contributed by atoms with Crippen molar-refractivity contribution in [2.24, 2.45) is 0 Å². The molecule has 158 valence electrons. The molecule has 3 rings (SSSR count). The monoisotopic (exact) mass is 413 g/mol. The lowest BCUT2D eigenvalue weighted by molar-refractivity contribution is -0.112. The van der Waals surface area contributed by atoms with E-state index >= 15 is 0 Å². The zero-order chi connectivity index (χ0) is 22.5. The van der Waals surface area contributed by atoms with Gasteiger partial charge in [-0.15, -0.1) is 0 Å². The number of hydrogen-bond donors (Lipinski definition) is 1. The van der Waals surface area contributed by atoms with Gasteiger partial charge in [0.15, 0.2) is 0 Å². The molecule has 3 aromatic rings. The summed E-state index contributed by atoms with van der Waals surface area (Å²) in [6, 6.07) is 17.4. The van der Waals surface area contributed by atoms with E-state index in [0.29, 0.717) is 18.0 Å². The van der Waals surface area contributed by atoms with Crippen LogP contribution >= 0.6 is 0 Å². The lowest BCUT2D eigenvalue weighted by Gasteiger charge is -2.15. The largest absolute Gasteiger partial charge is 0.494 e. The maximum absolute atomic E-state index is 12.7. The third kappa shape index (κ3) is 4.70. The number of aromatic nitrogens is 1. The first-order valence-electron chi connectivity index (χ1n) is 10.3. The first-order valence-corrected chi connectivity index (χ1v) is 10.3. The molecule has 0 aliphatic rings. The number of aryl methyl sites for hydroxylation is 3. The first-order chi connectivity index (χ1) is 14.8. The van der Waals surface area contributed by atoms with Gasteiger partial charge < -0.3 is 14.6 Å². The van der Waals surface area contributed by atoms with Crippen molar-refractivity contribution in [2.45, 2.75) is 34.6 Å². The third-order valence-electron chi connectivity index (χ3n) is 5.20. The van der Waals surface area contributed by atoms with E-state index in [1.807, 2.05) is 45.0 Å². The third-order valence-corrected chi connectivity index (χ3v) is 5.20. The van der Waals surface area contributed by atoms with Gasteiger partial charge in [0.05, 0.1) is 12.3 Å². The van der Waals surface area contributed by atoms with Crippen LogP contribution in [0.3, 0.4) is 0 Å². The van der Waals surface area contributed by atoms with Gasteiger partial charge in [0.2, 0.25) is 0 Å². The highest BCUT2D eigenvalue weighted by atomic mass is 16.5. The number of carbonyl (C=O) groups is 1. The van der Waals surface area contributed by atoms with E-state index in [1.165, 1.54) is 11.1 Å². The summed E-state index contributed by atoms with van der Waals surface area (Å²) in [5.41, 5.74) is 6.97. The molecule has 0 radical (unpaired) electrons. The Morgan fingerprint density at radius 2 is 1.77 bits per heavy atom. The Hall–Kier alpha value is -3.78. The van der Waals surface area contributed by atoms with Gasteiger partial charge in [-0.3, -0.25) is 4.79 Å². The Kier molecular flexibility index (Phi) is 6.61. The molecule has 0 aliphatic carbocycles. The summed E-state index contributed by atoms with van der Waals surface area (Å²) in [6.07, 6.45) is 1.65. The Balaban J connectivity index is 1.94. The highest BCUT2D eigenvalue weighted by molar-refractivity contribution is 6.09. The molecule has 1 heterocycles. The molecule has 0 saturated heterocycles. The number of nitriles is 1. The van der Waals surface area contributed by atoms with Gasteiger partial charge in [-0.05, 0) is 75.6 Å². The van der Waals surface area contributed by atoms with Crippen LogP contribution in [-0.2, 0) is 4.79 Å². The second-order valence-electron chi connectivity index (χ2n) is 7.49. The highest BCUT2D eigenvalue weighted by Gasteiger charge is 2.16. The predicted octanol–water partition coefficient (Wildman–Crippen LogP) is 5.66. The Labute approximate surface area is 183 Å². The maximum Gasteiger partial charge on any atom is 0.266 e. The van der Waals surface area contributed by atoms with Gasteiger partial charge in [-0.1, -0.05) is 24.3 Å². The van der Waals surface area contributed by atoms with Crippen LogP contribution in [0.4, 0.5) is 5.69 Å². The van der Waals surface area contributed by atoms with Crippen LogP contribution in [0.2, 0.25) is 0 Å². The number of anilines is 1. The second-order valence-corrected chi connectivity index (χ2v) is 7.49. The van der Waals surface area contributed by atoms with Gasteiger partial charge in [-0.25, -0.2) is 0 Å². The fraction of sp³-hybridized carbons (Fsp3) is 0.231. The lowest BCUT2D eigenvalue weighted by atomic mass is 10.1. The van der Waals surface area contributed by atoms with E-state index in [4.69, 9.17) is 4.74 Å². The molecule has 0 spiro atoms. The van der Waals surface area contributed by atoms with E-state index in [2.05, 4.69) is 35.9 Å². The standard InChI is InChI=1S/C26H27N3O2/c1-6-31-24-12-8-11-23(15-24)28-26(30)22(16-27)14-21-13-19(4)29(20(21)5)25-17(2)9-7-10-18(25)3/h7-15H,6H2,1-5H3,(H,28,30)/b22-14-. The molecule has 31 heavy (non-hydrogen) atoms. The molecule has 0 fully saturated rings. The molecule has 5 nitrogen and oxygen atoms in total. The van der Waals surface area contributed by atoms with Crippen molar-refractivity contribution < 1.29 is 9.53 Å². The number of carbonyl (C=O) groups excluding carboxylic acids is 1. The molecule has 2 aromatic carbocycles. The molecule has 1 amide bonds. The molecular formula is C26H27N3O2. The summed E-state index contributed by atoms with van der Waals surface area (Å²) in [5, 5.41) is 12.4. The summed E-state index contributed by atoms with van der Waals surface area (Å²) in [6.45, 7) is 10.6. The van der Waals surface area contributed by atoms with Crippen LogP contribution in [-0.4, -0.2) is 17.1 Å². The van der Waals surface area contributed by atoms with E-state index in [0.717, 1.165) is 22.6 Å². The molecule has 0 unspecified atom stereocenters.